The Balaban J connectivity index is 2.28. The monoisotopic (exact) mass is 460 g/mol. The van der Waals surface area contributed by atoms with Crippen LogP contribution in [0.5, 0.6) is 0 Å². The molecule has 0 aromatic rings. The van der Waals surface area contributed by atoms with Gasteiger partial charge in [0.2, 0.25) is 10.5 Å². The topological polar surface area (TPSA) is 92.2 Å². The van der Waals surface area contributed by atoms with Crippen molar-refractivity contribution in [2.24, 2.45) is 5.41 Å². The van der Waals surface area contributed by atoms with Crippen LogP contribution in [-0.2, 0) is 23.5 Å². The van der Waals surface area contributed by atoms with Crippen LogP contribution in [0.25, 0.3) is 0 Å². The Kier molecular flexibility index (Phi) is 10.8. The zero-order valence-electron chi connectivity index (χ0n) is 19.9. The fourth-order valence-corrected chi connectivity index (χ4v) is 7.07. The molecular formula is C23H43NO6P+2. The van der Waals surface area contributed by atoms with Crippen molar-refractivity contribution in [2.45, 2.75) is 116 Å². The molecule has 2 aliphatic carbocycles. The van der Waals surface area contributed by atoms with Gasteiger partial charge in [-0.05, 0) is 53.4 Å². The summed E-state index contributed by atoms with van der Waals surface area (Å²) in [7, 11) is -3.78. The lowest BCUT2D eigenvalue weighted by Gasteiger charge is -2.38. The standard InChI is InChI=1S/C23H42NO6P/c1-5-28-31(27,29-6-2)21(17-23(3,4)18-25)22(26)30-24(19-13-9-7-10-14-19)20-15-11-8-12-16-20/h18-21H,5-17H2,1-4H3/q+1/p+1. The van der Waals surface area contributed by atoms with Gasteiger partial charge in [-0.1, -0.05) is 12.8 Å². The van der Waals surface area contributed by atoms with E-state index in [4.69, 9.17) is 13.9 Å². The van der Waals surface area contributed by atoms with E-state index in [9.17, 15) is 14.5 Å². The highest BCUT2D eigenvalue weighted by molar-refractivity contribution is 7.61. The zero-order chi connectivity index (χ0) is 22.9. The van der Waals surface area contributed by atoms with Gasteiger partial charge in [0.05, 0.1) is 18.6 Å². The van der Waals surface area contributed by atoms with E-state index in [-0.39, 0.29) is 31.7 Å². The number of hydrogen-bond acceptors (Lipinski definition) is 6. The molecule has 2 fully saturated rings. The average Bonchev–Trinajstić information content (AvgIpc) is 2.77. The second-order valence-corrected chi connectivity index (χ2v) is 11.9. The number of carbonyl (C=O) groups is 2. The molecule has 0 aromatic carbocycles. The molecule has 1 radical (unpaired) electrons. The van der Waals surface area contributed by atoms with Gasteiger partial charge in [0.15, 0.2) is 0 Å². The van der Waals surface area contributed by atoms with Crippen LogP contribution >= 0.6 is 7.94 Å². The third-order valence-corrected chi connectivity index (χ3v) is 8.94. The minimum atomic E-state index is -3.78. The van der Waals surface area contributed by atoms with Crippen molar-refractivity contribution in [3.63, 3.8) is 0 Å². The first-order valence-corrected chi connectivity index (χ1v) is 13.8. The fourth-order valence-electron chi connectivity index (χ4n) is 4.91. The highest BCUT2D eigenvalue weighted by Crippen LogP contribution is 2.59. The highest BCUT2D eigenvalue weighted by atomic mass is 31.2. The summed E-state index contributed by atoms with van der Waals surface area (Å²) in [6.45, 7) is 7.22. The smallest absolute Gasteiger partial charge is 0.438 e. The van der Waals surface area contributed by atoms with Crippen molar-refractivity contribution in [2.75, 3.05) is 13.2 Å². The molecular weight excluding hydrogens is 417 g/mol. The Hall–Kier alpha value is -0.590. The Morgan fingerprint density at radius 1 is 1.03 bits per heavy atom. The summed E-state index contributed by atoms with van der Waals surface area (Å²) >= 11 is 0. The van der Waals surface area contributed by atoms with Crippen LogP contribution in [0.4, 0.5) is 0 Å². The van der Waals surface area contributed by atoms with E-state index in [2.05, 4.69) is 0 Å². The molecule has 179 valence electrons. The summed E-state index contributed by atoms with van der Waals surface area (Å²) in [5.74, 6) is -0.564. The number of aldehydes is 1. The molecule has 0 bridgehead atoms. The quantitative estimate of drug-likeness (QED) is 0.208. The maximum absolute atomic E-state index is 13.6. The van der Waals surface area contributed by atoms with Gasteiger partial charge in [0.25, 0.3) is 7.94 Å². The van der Waals surface area contributed by atoms with E-state index >= 15 is 0 Å². The third-order valence-electron chi connectivity index (χ3n) is 6.54. The van der Waals surface area contributed by atoms with Crippen molar-refractivity contribution in [1.29, 1.82) is 0 Å². The number of hydrogen-bond donors (Lipinski definition) is 1. The predicted octanol–water partition coefficient (Wildman–Crippen LogP) is 3.17. The molecule has 2 saturated carbocycles. The predicted molar refractivity (Wildman–Crippen MR) is 119 cm³/mol. The summed E-state index contributed by atoms with van der Waals surface area (Å²) in [4.78, 5) is 44.9. The summed E-state index contributed by atoms with van der Waals surface area (Å²) in [5.41, 5.74) is -1.96. The molecule has 0 heterocycles. The molecule has 2 rings (SSSR count). The third kappa shape index (κ3) is 7.75. The maximum Gasteiger partial charge on any atom is 0.438 e. The first-order valence-electron chi connectivity index (χ1n) is 12.2. The molecule has 0 aliphatic heterocycles. The van der Waals surface area contributed by atoms with Gasteiger partial charge in [0, 0.05) is 32.1 Å². The Bertz CT molecular complexity index is 536. The van der Waals surface area contributed by atoms with E-state index in [1.54, 1.807) is 27.7 Å². The first-order chi connectivity index (χ1) is 14.8. The Morgan fingerprint density at radius 3 is 1.87 bits per heavy atom. The van der Waals surface area contributed by atoms with Gasteiger partial charge in [0.1, 0.15) is 12.1 Å². The summed E-state index contributed by atoms with van der Waals surface area (Å²) in [6.07, 6.45) is 12.1. The Morgan fingerprint density at radius 2 is 1.48 bits per heavy atom. The van der Waals surface area contributed by atoms with Crippen molar-refractivity contribution in [3.8, 4) is 0 Å². The number of nitrogens with one attached hydrogen (secondary N) is 1. The first kappa shape index (κ1) is 26.7. The molecule has 0 aromatic heterocycles. The average molecular weight is 461 g/mol. The van der Waals surface area contributed by atoms with Gasteiger partial charge in [-0.25, -0.2) is 13.8 Å². The lowest BCUT2D eigenvalue weighted by molar-refractivity contribution is -1.11. The van der Waals surface area contributed by atoms with Gasteiger partial charge in [-0.2, -0.15) is 0 Å². The second kappa shape index (κ2) is 12.6. The molecule has 1 atom stereocenters. The van der Waals surface area contributed by atoms with E-state index in [0.29, 0.717) is 0 Å². The van der Waals surface area contributed by atoms with Crippen molar-refractivity contribution < 1.29 is 33.4 Å². The van der Waals surface area contributed by atoms with Crippen molar-refractivity contribution >= 4 is 20.2 Å². The Labute approximate surface area is 188 Å². The van der Waals surface area contributed by atoms with Crippen LogP contribution in [0.3, 0.4) is 0 Å². The van der Waals surface area contributed by atoms with Crippen molar-refractivity contribution in [3.05, 3.63) is 0 Å². The van der Waals surface area contributed by atoms with Crippen LogP contribution in [-0.4, -0.2) is 43.2 Å². The lowest BCUT2D eigenvalue weighted by atomic mass is 9.89. The minimum absolute atomic E-state index is 0.0647. The van der Waals surface area contributed by atoms with Gasteiger partial charge < -0.3 is 4.89 Å². The zero-order valence-corrected chi connectivity index (χ0v) is 20.8. The number of carbonyl (C=O) groups excluding carboxylic acids is 2. The molecule has 0 spiro atoms. The van der Waals surface area contributed by atoms with Crippen LogP contribution in [0, 0.1) is 5.41 Å². The van der Waals surface area contributed by atoms with Crippen LogP contribution in [0.15, 0.2) is 0 Å². The minimum Gasteiger partial charge on any atom is -0.631 e. The molecule has 0 saturated heterocycles. The number of quaternary nitrogens is 1. The van der Waals surface area contributed by atoms with E-state index in [1.165, 1.54) is 12.8 Å². The summed E-state index contributed by atoms with van der Waals surface area (Å²) in [6, 6.07) is 0.554. The van der Waals surface area contributed by atoms with Gasteiger partial charge in [-0.3, -0.25) is 4.84 Å². The largest absolute Gasteiger partial charge is 0.631 e. The molecule has 0 amide bonds. The molecule has 8 heteroatoms. The van der Waals surface area contributed by atoms with Crippen LogP contribution in [0.2, 0.25) is 0 Å². The molecule has 7 nitrogen and oxygen atoms in total. The van der Waals surface area contributed by atoms with Gasteiger partial charge >= 0.3 is 12.3 Å². The van der Waals surface area contributed by atoms with Crippen molar-refractivity contribution in [1.82, 2.24) is 0 Å². The second-order valence-electron chi connectivity index (χ2n) is 9.70. The molecule has 31 heavy (non-hydrogen) atoms. The summed E-state index contributed by atoms with van der Waals surface area (Å²) < 4.78 is 11.0. The molecule has 2 aliphatic rings. The number of hydroxylamine groups is 2. The van der Waals surface area contributed by atoms with Gasteiger partial charge in [-0.15, -0.1) is 5.06 Å². The van der Waals surface area contributed by atoms with E-state index in [1.807, 2.05) is 0 Å². The van der Waals surface area contributed by atoms with E-state index in [0.717, 1.165) is 62.7 Å². The molecule has 1 unspecified atom stereocenters. The number of rotatable bonds is 12. The SMILES string of the molecule is CCO[P+]([O-])(OCC)C(CC(C)(C)C=[O+])C(=O)O[NH+](C1CCCCC1)C1CCCCC1. The van der Waals surface area contributed by atoms with E-state index < -0.39 is 25.0 Å². The van der Waals surface area contributed by atoms with Crippen LogP contribution < -0.4 is 9.96 Å². The fraction of sp³-hybridized carbons (Fsp3) is 0.913. The summed E-state index contributed by atoms with van der Waals surface area (Å²) in [5, 5.41) is 0.887. The highest BCUT2D eigenvalue weighted by Gasteiger charge is 2.53. The normalized spacial score (nSPS) is 20.6. The maximum atomic E-state index is 13.6. The van der Waals surface area contributed by atoms with Crippen LogP contribution in [0.1, 0.15) is 98.3 Å². The molecule has 1 N–H and O–H groups in total. The lowest BCUT2D eigenvalue weighted by Crippen LogP contribution is -3.19.